The van der Waals surface area contributed by atoms with Crippen LogP contribution in [0, 0.1) is 11.7 Å². The minimum absolute atomic E-state index is 0.0184. The molecule has 4 amide bonds. The molecular formula is C32H40ClFN4O7S. The van der Waals surface area contributed by atoms with Crippen molar-refractivity contribution in [1.82, 2.24) is 20.9 Å². The zero-order valence-electron chi connectivity index (χ0n) is 26.0. The maximum absolute atomic E-state index is 14.1. The molecule has 4 aliphatic rings. The van der Waals surface area contributed by atoms with Crippen LogP contribution in [0.25, 0.3) is 0 Å². The lowest BCUT2D eigenvalue weighted by Gasteiger charge is -2.30. The Hall–Kier alpha value is -3.32. The Morgan fingerprint density at radius 1 is 1.17 bits per heavy atom. The van der Waals surface area contributed by atoms with E-state index < -0.39 is 75.5 Å². The van der Waals surface area contributed by atoms with Gasteiger partial charge in [0.15, 0.2) is 0 Å². The van der Waals surface area contributed by atoms with E-state index in [0.29, 0.717) is 23.3 Å². The van der Waals surface area contributed by atoms with Gasteiger partial charge in [-0.05, 0) is 70.6 Å². The number of carboxylic acids is 1. The van der Waals surface area contributed by atoms with Crippen LogP contribution in [0.5, 0.6) is 0 Å². The van der Waals surface area contributed by atoms with Gasteiger partial charge in [0, 0.05) is 23.4 Å². The van der Waals surface area contributed by atoms with E-state index in [-0.39, 0.29) is 25.3 Å². The Morgan fingerprint density at radius 3 is 2.65 bits per heavy atom. The number of carbonyl (C=O) groups excluding carboxylic acids is 4. The summed E-state index contributed by atoms with van der Waals surface area (Å²) in [5.41, 5.74) is -1.64. The van der Waals surface area contributed by atoms with Gasteiger partial charge in [0.1, 0.15) is 34.3 Å². The van der Waals surface area contributed by atoms with Gasteiger partial charge in [-0.1, -0.05) is 31.1 Å². The van der Waals surface area contributed by atoms with Crippen LogP contribution in [0.1, 0.15) is 76.7 Å². The van der Waals surface area contributed by atoms with Gasteiger partial charge in [-0.2, -0.15) is 0 Å². The lowest BCUT2D eigenvalue weighted by molar-refractivity contribution is -0.145. The molecule has 14 heteroatoms. The molecule has 46 heavy (non-hydrogen) atoms. The van der Waals surface area contributed by atoms with Gasteiger partial charge in [-0.3, -0.25) is 14.4 Å². The maximum atomic E-state index is 14.1. The lowest BCUT2D eigenvalue weighted by atomic mass is 10.0. The number of carbonyl (C=O) groups is 5. The third kappa shape index (κ3) is 7.46. The zero-order chi connectivity index (χ0) is 33.4. The minimum atomic E-state index is -1.48. The van der Waals surface area contributed by atoms with Gasteiger partial charge in [0.25, 0.3) is 0 Å². The number of ether oxygens (including phenoxy) is 1. The maximum Gasteiger partial charge on any atom is 0.408 e. The van der Waals surface area contributed by atoms with Gasteiger partial charge in [-0.25, -0.2) is 14.0 Å². The molecule has 1 aromatic rings. The number of nitrogens with one attached hydrogen (secondary N) is 3. The number of hydrogen-bond donors (Lipinski definition) is 4. The summed E-state index contributed by atoms with van der Waals surface area (Å²) >= 11 is 7.73. The molecule has 2 unspecified atom stereocenters. The molecule has 1 aromatic carbocycles. The van der Waals surface area contributed by atoms with Crippen LogP contribution in [-0.2, 0) is 23.9 Å². The van der Waals surface area contributed by atoms with E-state index in [2.05, 4.69) is 16.0 Å². The number of nitrogens with zero attached hydrogens (tertiary/aromatic N) is 1. The molecule has 0 radical (unpaired) electrons. The standard InChI is InChI=1S/C32H40ClFN4O7S/c1-31(2,3)45-30(44)36-21-10-8-6-4-5-7-9-17-15-32(17,29(42)43)37-26(39)22-14-19(16-38(22)28(21)41)35-27(40)25-24(33)20-12-11-18(34)13-23(20)46-25/h7,9,11-13,17,19,21-22,24-25H,4-6,8,10,14-16H2,1-3H3,(H,35,40)(H,36,44)(H,37,39)(H,42,43)/b9-7-/t17-,19-,21+,22+,24?,25?,32-/m1/s1. The van der Waals surface area contributed by atoms with E-state index in [9.17, 15) is 33.5 Å². The van der Waals surface area contributed by atoms with Crippen LogP contribution in [-0.4, -0.2) is 80.9 Å². The second-order valence-electron chi connectivity index (χ2n) is 13.4. The number of carboxylic acid groups (broad SMARTS) is 1. The van der Waals surface area contributed by atoms with Crippen LogP contribution in [0.4, 0.5) is 9.18 Å². The highest BCUT2D eigenvalue weighted by molar-refractivity contribution is 8.01. The smallest absolute Gasteiger partial charge is 0.408 e. The average molecular weight is 679 g/mol. The summed E-state index contributed by atoms with van der Waals surface area (Å²) < 4.78 is 19.2. The van der Waals surface area contributed by atoms with Crippen molar-refractivity contribution >= 4 is 53.1 Å². The number of thioether (sulfide) groups is 1. The first-order valence-corrected chi connectivity index (χ1v) is 16.9. The van der Waals surface area contributed by atoms with Crippen LogP contribution >= 0.6 is 23.4 Å². The van der Waals surface area contributed by atoms with Crippen molar-refractivity contribution in [3.05, 3.63) is 41.7 Å². The summed E-state index contributed by atoms with van der Waals surface area (Å²) in [6.45, 7) is 5.07. The van der Waals surface area contributed by atoms with Gasteiger partial charge in [0.05, 0.1) is 5.38 Å². The average Bonchev–Trinajstić information content (AvgIpc) is 3.33. The molecule has 3 heterocycles. The van der Waals surface area contributed by atoms with Crippen molar-refractivity contribution < 1.29 is 38.2 Å². The summed E-state index contributed by atoms with van der Waals surface area (Å²) in [5, 5.41) is 16.9. The third-order valence-corrected chi connectivity index (χ3v) is 10.7. The van der Waals surface area contributed by atoms with Gasteiger partial charge >= 0.3 is 12.1 Å². The van der Waals surface area contributed by atoms with Crippen LogP contribution in [0.3, 0.4) is 0 Å². The minimum Gasteiger partial charge on any atom is -0.479 e. The fourth-order valence-electron chi connectivity index (χ4n) is 6.32. The summed E-state index contributed by atoms with van der Waals surface area (Å²) in [5.74, 6) is -3.59. The number of amides is 4. The molecule has 7 atom stereocenters. The van der Waals surface area contributed by atoms with E-state index in [1.807, 2.05) is 12.2 Å². The number of rotatable bonds is 4. The molecule has 0 aromatic heterocycles. The van der Waals surface area contributed by atoms with E-state index >= 15 is 0 Å². The molecule has 250 valence electrons. The first-order valence-electron chi connectivity index (χ1n) is 15.6. The Balaban J connectivity index is 1.38. The Labute approximate surface area is 276 Å². The highest BCUT2D eigenvalue weighted by Gasteiger charge is 2.61. The fraction of sp³-hybridized carbons (Fsp3) is 0.594. The zero-order valence-corrected chi connectivity index (χ0v) is 27.6. The van der Waals surface area contributed by atoms with Gasteiger partial charge in [-0.15, -0.1) is 23.4 Å². The first kappa shape index (κ1) is 34.0. The second kappa shape index (κ2) is 13.4. The van der Waals surface area contributed by atoms with Crippen molar-refractivity contribution in [1.29, 1.82) is 0 Å². The third-order valence-electron chi connectivity index (χ3n) is 8.75. The van der Waals surface area contributed by atoms with Crippen molar-refractivity contribution in [3.63, 3.8) is 0 Å². The van der Waals surface area contributed by atoms with Crippen LogP contribution in [0.15, 0.2) is 35.2 Å². The summed E-state index contributed by atoms with van der Waals surface area (Å²) in [6.07, 6.45) is 6.43. The summed E-state index contributed by atoms with van der Waals surface area (Å²) in [7, 11) is 0. The van der Waals surface area contributed by atoms with E-state index in [4.69, 9.17) is 16.3 Å². The Morgan fingerprint density at radius 2 is 1.93 bits per heavy atom. The van der Waals surface area contributed by atoms with Crippen molar-refractivity contribution in [3.8, 4) is 0 Å². The van der Waals surface area contributed by atoms with E-state index in [1.165, 1.54) is 17.0 Å². The molecular weight excluding hydrogens is 639 g/mol. The topological polar surface area (TPSA) is 154 Å². The SMILES string of the molecule is CC(C)(C)OC(=O)N[C@H]1CCCCC/C=C\[C@@H]2C[C@@]2(C(=O)O)NC(=O)[C@@H]2C[C@@H](NC(=O)C3Sc4cc(F)ccc4C3Cl)CN2C1=O. The predicted octanol–water partition coefficient (Wildman–Crippen LogP) is 4.04. The molecule has 1 saturated heterocycles. The monoisotopic (exact) mass is 678 g/mol. The fourth-order valence-corrected chi connectivity index (χ4v) is 8.07. The highest BCUT2D eigenvalue weighted by atomic mass is 35.5. The second-order valence-corrected chi connectivity index (χ2v) is 15.1. The largest absolute Gasteiger partial charge is 0.479 e. The molecule has 5 rings (SSSR count). The normalized spacial score (nSPS) is 32.1. The van der Waals surface area contributed by atoms with Gasteiger partial charge < -0.3 is 30.7 Å². The van der Waals surface area contributed by atoms with Crippen molar-refractivity contribution in [2.75, 3.05) is 6.54 Å². The summed E-state index contributed by atoms with van der Waals surface area (Å²) in [4.78, 5) is 68.3. The highest BCUT2D eigenvalue weighted by Crippen LogP contribution is 2.48. The molecule has 1 aliphatic carbocycles. The number of aliphatic carboxylic acids is 1. The first-order chi connectivity index (χ1) is 21.7. The van der Waals surface area contributed by atoms with E-state index in [0.717, 1.165) is 31.0 Å². The lowest BCUT2D eigenvalue weighted by Crippen LogP contribution is -2.56. The molecule has 3 aliphatic heterocycles. The number of alkyl carbamates (subject to hydrolysis) is 1. The molecule has 4 N–H and O–H groups in total. The molecule has 11 nitrogen and oxygen atoms in total. The number of fused-ring (bicyclic) bond motifs is 3. The molecule has 1 saturated carbocycles. The van der Waals surface area contributed by atoms with Crippen LogP contribution < -0.4 is 16.0 Å². The quantitative estimate of drug-likeness (QED) is 0.275. The van der Waals surface area contributed by atoms with Gasteiger partial charge in [0.2, 0.25) is 17.7 Å². The molecule has 0 spiro atoms. The van der Waals surface area contributed by atoms with E-state index in [1.54, 1.807) is 26.8 Å². The number of alkyl halides is 1. The molecule has 2 fully saturated rings. The number of allylic oxidation sites excluding steroid dienone is 1. The van der Waals surface area contributed by atoms with Crippen molar-refractivity contribution in [2.24, 2.45) is 5.92 Å². The number of benzene rings is 1. The number of halogens is 2. The van der Waals surface area contributed by atoms with Crippen molar-refractivity contribution in [2.45, 2.75) is 111 Å². The Kier molecular flexibility index (Phi) is 9.93. The molecule has 0 bridgehead atoms. The number of hydrogen-bond acceptors (Lipinski definition) is 7. The Bertz CT molecular complexity index is 1440. The summed E-state index contributed by atoms with van der Waals surface area (Å²) in [6, 6.07) is 1.37. The predicted molar refractivity (Wildman–Crippen MR) is 169 cm³/mol. The van der Waals surface area contributed by atoms with Crippen LogP contribution in [0.2, 0.25) is 0 Å².